The van der Waals surface area contributed by atoms with Gasteiger partial charge in [0, 0.05) is 30.3 Å². The number of nitrogens with one attached hydrogen (secondary N) is 1. The van der Waals surface area contributed by atoms with Gasteiger partial charge in [-0.25, -0.2) is 4.98 Å². The minimum absolute atomic E-state index is 0.111. The molecule has 0 aliphatic rings. The Morgan fingerprint density at radius 3 is 2.06 bits per heavy atom. The van der Waals surface area contributed by atoms with Crippen molar-refractivity contribution < 1.29 is 31.1 Å². The Morgan fingerprint density at radius 1 is 0.844 bits per heavy atom. The van der Waals surface area contributed by atoms with Gasteiger partial charge in [0.05, 0.1) is 21.8 Å². The predicted octanol–water partition coefficient (Wildman–Crippen LogP) is 7.70. The average molecular weight is 494 g/mol. The second-order valence-corrected chi connectivity index (χ2v) is 7.02. The summed E-state index contributed by atoms with van der Waals surface area (Å²) in [5.74, 6) is 0.0105. The van der Waals surface area contributed by atoms with Crippen LogP contribution in [-0.4, -0.2) is 9.97 Å². The standard InChI is InChI=1S/C20H11Cl2F6N3O/c21-15-6-11(19(23,24)25)9-30-17(15)4-5-29-13-2-1-3-14(8-13)32-18-16(22)7-12(10-31-18)20(26,27)28/h1-10,29H. The molecule has 0 bridgehead atoms. The zero-order valence-electron chi connectivity index (χ0n) is 15.6. The number of aromatic nitrogens is 2. The molecule has 2 aromatic heterocycles. The van der Waals surface area contributed by atoms with Gasteiger partial charge in [0.2, 0.25) is 5.88 Å². The van der Waals surface area contributed by atoms with E-state index in [1.807, 2.05) is 0 Å². The molecule has 3 aromatic rings. The Labute approximate surface area is 187 Å². The number of pyridine rings is 2. The molecule has 0 aliphatic carbocycles. The minimum Gasteiger partial charge on any atom is -0.437 e. The van der Waals surface area contributed by atoms with Crippen LogP contribution in [-0.2, 0) is 12.4 Å². The quantitative estimate of drug-likeness (QED) is 0.370. The van der Waals surface area contributed by atoms with Gasteiger partial charge < -0.3 is 10.1 Å². The number of rotatable bonds is 5. The summed E-state index contributed by atoms with van der Waals surface area (Å²) < 4.78 is 81.5. The minimum atomic E-state index is -4.59. The number of halogens is 8. The fourth-order valence-corrected chi connectivity index (χ4v) is 2.79. The molecule has 0 radical (unpaired) electrons. The smallest absolute Gasteiger partial charge is 0.417 e. The van der Waals surface area contributed by atoms with E-state index < -0.39 is 23.5 Å². The third-order valence-corrected chi connectivity index (χ3v) is 4.44. The van der Waals surface area contributed by atoms with E-state index in [1.165, 1.54) is 24.4 Å². The van der Waals surface area contributed by atoms with Gasteiger partial charge >= 0.3 is 12.4 Å². The van der Waals surface area contributed by atoms with E-state index in [1.54, 1.807) is 12.1 Å². The summed E-state index contributed by atoms with van der Waals surface area (Å²) in [5, 5.41) is 2.35. The van der Waals surface area contributed by atoms with Crippen LogP contribution < -0.4 is 10.1 Å². The number of nitrogens with zero attached hydrogens (tertiary/aromatic N) is 2. The molecule has 12 heteroatoms. The topological polar surface area (TPSA) is 47.0 Å². The Bertz CT molecular complexity index is 1150. The summed E-state index contributed by atoms with van der Waals surface area (Å²) in [7, 11) is 0. The largest absolute Gasteiger partial charge is 0.437 e. The third-order valence-electron chi connectivity index (χ3n) is 3.87. The van der Waals surface area contributed by atoms with Crippen LogP contribution in [0.3, 0.4) is 0 Å². The number of benzene rings is 1. The summed E-state index contributed by atoms with van der Waals surface area (Å²) in [5.41, 5.74) is -1.37. The molecule has 0 saturated heterocycles. The van der Waals surface area contributed by atoms with Gasteiger partial charge in [-0.2, -0.15) is 26.3 Å². The van der Waals surface area contributed by atoms with Gasteiger partial charge in [0.1, 0.15) is 10.8 Å². The van der Waals surface area contributed by atoms with Crippen LogP contribution in [0.1, 0.15) is 16.8 Å². The molecule has 168 valence electrons. The monoisotopic (exact) mass is 493 g/mol. The Hall–Kier alpha value is -2.98. The Kier molecular flexibility index (Phi) is 6.85. The SMILES string of the molecule is FC(F)(F)c1cnc(C=CNc2cccc(Oc3ncc(C(F)(F)F)cc3Cl)c2)c(Cl)c1. The number of hydrogen-bond acceptors (Lipinski definition) is 4. The molecule has 0 amide bonds. The van der Waals surface area contributed by atoms with E-state index in [0.717, 1.165) is 6.07 Å². The fraction of sp³-hybridized carbons (Fsp3) is 0.100. The van der Waals surface area contributed by atoms with Crippen molar-refractivity contribution in [2.24, 2.45) is 0 Å². The zero-order chi connectivity index (χ0) is 23.5. The molecule has 2 heterocycles. The molecular weight excluding hydrogens is 483 g/mol. The van der Waals surface area contributed by atoms with Crippen LogP contribution in [0.2, 0.25) is 10.0 Å². The van der Waals surface area contributed by atoms with E-state index in [2.05, 4.69) is 15.3 Å². The molecular formula is C20H11Cl2F6N3O. The Balaban J connectivity index is 1.70. The maximum absolute atomic E-state index is 12.7. The van der Waals surface area contributed by atoms with Gasteiger partial charge in [-0.15, -0.1) is 0 Å². The van der Waals surface area contributed by atoms with E-state index in [-0.39, 0.29) is 27.4 Å². The van der Waals surface area contributed by atoms with Crippen LogP contribution in [0.25, 0.3) is 6.08 Å². The Morgan fingerprint density at radius 2 is 1.47 bits per heavy atom. The molecule has 0 fully saturated rings. The van der Waals surface area contributed by atoms with Crippen LogP contribution in [0.5, 0.6) is 11.6 Å². The van der Waals surface area contributed by atoms with Gasteiger partial charge in [-0.3, -0.25) is 4.98 Å². The summed E-state index contributed by atoms with van der Waals surface area (Å²) in [6.07, 6.45) is -5.11. The summed E-state index contributed by atoms with van der Waals surface area (Å²) >= 11 is 11.7. The molecule has 0 atom stereocenters. The normalized spacial score (nSPS) is 12.2. The van der Waals surface area contributed by atoms with Crippen LogP contribution in [0.15, 0.2) is 55.0 Å². The maximum atomic E-state index is 12.7. The van der Waals surface area contributed by atoms with Crippen molar-refractivity contribution in [2.45, 2.75) is 12.4 Å². The molecule has 32 heavy (non-hydrogen) atoms. The van der Waals surface area contributed by atoms with Gasteiger partial charge in [-0.1, -0.05) is 29.3 Å². The van der Waals surface area contributed by atoms with Crippen molar-refractivity contribution in [1.29, 1.82) is 0 Å². The van der Waals surface area contributed by atoms with Crippen molar-refractivity contribution in [3.63, 3.8) is 0 Å². The fourth-order valence-electron chi connectivity index (χ4n) is 2.36. The van der Waals surface area contributed by atoms with E-state index >= 15 is 0 Å². The highest BCUT2D eigenvalue weighted by Crippen LogP contribution is 2.35. The molecule has 0 saturated carbocycles. The molecule has 4 nitrogen and oxygen atoms in total. The van der Waals surface area contributed by atoms with E-state index in [9.17, 15) is 26.3 Å². The molecule has 0 aliphatic heterocycles. The molecule has 1 N–H and O–H groups in total. The van der Waals surface area contributed by atoms with Crippen LogP contribution >= 0.6 is 23.2 Å². The van der Waals surface area contributed by atoms with E-state index in [0.29, 0.717) is 24.1 Å². The van der Waals surface area contributed by atoms with E-state index in [4.69, 9.17) is 27.9 Å². The predicted molar refractivity (Wildman–Crippen MR) is 108 cm³/mol. The second-order valence-electron chi connectivity index (χ2n) is 6.21. The van der Waals surface area contributed by atoms with Crippen molar-refractivity contribution >= 4 is 35.0 Å². The van der Waals surface area contributed by atoms with Crippen LogP contribution in [0.4, 0.5) is 32.0 Å². The summed E-state index contributed by atoms with van der Waals surface area (Å²) in [6, 6.07) is 7.73. The number of anilines is 1. The van der Waals surface area contributed by atoms with Crippen molar-refractivity contribution in [2.75, 3.05) is 5.32 Å². The lowest BCUT2D eigenvalue weighted by Gasteiger charge is -2.11. The van der Waals surface area contributed by atoms with Crippen molar-refractivity contribution in [1.82, 2.24) is 9.97 Å². The first-order valence-corrected chi connectivity index (χ1v) is 9.35. The lowest BCUT2D eigenvalue weighted by atomic mass is 10.2. The highest BCUT2D eigenvalue weighted by molar-refractivity contribution is 6.32. The third kappa shape index (κ3) is 6.04. The molecule has 1 aromatic carbocycles. The number of hydrogen-bond donors (Lipinski definition) is 1. The summed E-state index contributed by atoms with van der Waals surface area (Å²) in [4.78, 5) is 7.27. The van der Waals surface area contributed by atoms with Crippen molar-refractivity contribution in [3.8, 4) is 11.6 Å². The number of alkyl halides is 6. The number of ether oxygens (including phenoxy) is 1. The van der Waals surface area contributed by atoms with Crippen LogP contribution in [0, 0.1) is 0 Å². The maximum Gasteiger partial charge on any atom is 0.417 e. The zero-order valence-corrected chi connectivity index (χ0v) is 17.1. The first kappa shape index (κ1) is 23.7. The second kappa shape index (κ2) is 9.25. The van der Waals surface area contributed by atoms with Gasteiger partial charge in [0.25, 0.3) is 0 Å². The van der Waals surface area contributed by atoms with Gasteiger partial charge in [-0.05, 0) is 30.3 Å². The summed E-state index contributed by atoms with van der Waals surface area (Å²) in [6.45, 7) is 0. The highest BCUT2D eigenvalue weighted by Gasteiger charge is 2.32. The first-order chi connectivity index (χ1) is 14.9. The lowest BCUT2D eigenvalue weighted by molar-refractivity contribution is -0.138. The lowest BCUT2D eigenvalue weighted by Crippen LogP contribution is -2.05. The average Bonchev–Trinajstić information content (AvgIpc) is 2.69. The molecule has 0 unspecified atom stereocenters. The van der Waals surface area contributed by atoms with Gasteiger partial charge in [0.15, 0.2) is 0 Å². The van der Waals surface area contributed by atoms with Crippen molar-refractivity contribution in [3.05, 3.63) is 81.9 Å². The highest BCUT2D eigenvalue weighted by atomic mass is 35.5. The first-order valence-electron chi connectivity index (χ1n) is 8.60. The molecule has 3 rings (SSSR count). The molecule has 0 spiro atoms.